The van der Waals surface area contributed by atoms with E-state index in [9.17, 15) is 4.79 Å². The van der Waals surface area contributed by atoms with Crippen LogP contribution in [0.4, 0.5) is 0 Å². The van der Waals surface area contributed by atoms with Gasteiger partial charge in [0.15, 0.2) is 5.78 Å². The summed E-state index contributed by atoms with van der Waals surface area (Å²) in [6.45, 7) is 11.7. The van der Waals surface area contributed by atoms with E-state index < -0.39 is 0 Å². The number of allylic oxidation sites excluding steroid dienone is 3. The molecule has 0 bridgehead atoms. The predicted molar refractivity (Wildman–Crippen MR) is 94.9 cm³/mol. The second-order valence-electron chi connectivity index (χ2n) is 9.61. The van der Waals surface area contributed by atoms with Crippen LogP contribution >= 0.6 is 0 Å². The molecule has 0 spiro atoms. The van der Waals surface area contributed by atoms with Gasteiger partial charge in [-0.3, -0.25) is 4.79 Å². The summed E-state index contributed by atoms with van der Waals surface area (Å²) in [4.78, 5) is 11.9. The molecule has 126 valence electrons. The van der Waals surface area contributed by atoms with E-state index in [1.165, 1.54) is 24.8 Å². The van der Waals surface area contributed by atoms with Crippen LogP contribution in [0.2, 0.25) is 0 Å². The molecule has 1 nitrogen and oxygen atoms in total. The van der Waals surface area contributed by atoms with Crippen LogP contribution in [-0.2, 0) is 4.79 Å². The van der Waals surface area contributed by atoms with Crippen molar-refractivity contribution in [3.05, 3.63) is 24.3 Å². The maximum atomic E-state index is 11.9. The van der Waals surface area contributed by atoms with Gasteiger partial charge in [-0.05, 0) is 85.0 Å². The van der Waals surface area contributed by atoms with Crippen molar-refractivity contribution in [1.29, 1.82) is 0 Å². The van der Waals surface area contributed by atoms with Gasteiger partial charge in [0.1, 0.15) is 0 Å². The molecule has 0 saturated heterocycles. The molecule has 7 atom stereocenters. The van der Waals surface area contributed by atoms with E-state index in [-0.39, 0.29) is 0 Å². The summed E-state index contributed by atoms with van der Waals surface area (Å²) >= 11 is 0. The minimum absolute atomic E-state index is 0.362. The lowest BCUT2D eigenvalue weighted by Crippen LogP contribution is -2.50. The fourth-order valence-corrected chi connectivity index (χ4v) is 6.67. The highest BCUT2D eigenvalue weighted by Crippen LogP contribution is 2.64. The summed E-state index contributed by atoms with van der Waals surface area (Å²) in [6.07, 6.45) is 11.4. The first-order valence-electron chi connectivity index (χ1n) is 9.78. The molecule has 0 N–H and O–H groups in total. The highest BCUT2D eigenvalue weighted by Gasteiger charge is 2.57. The summed E-state index contributed by atoms with van der Waals surface area (Å²) < 4.78 is 0. The third-order valence-electron chi connectivity index (χ3n) is 7.88. The molecule has 0 aromatic rings. The molecule has 4 aliphatic carbocycles. The smallest absolute Gasteiger partial charge is 0.155 e. The molecule has 4 aliphatic rings. The van der Waals surface area contributed by atoms with E-state index in [1.807, 2.05) is 6.08 Å². The first-order chi connectivity index (χ1) is 10.9. The van der Waals surface area contributed by atoms with Gasteiger partial charge >= 0.3 is 0 Å². The zero-order chi connectivity index (χ0) is 16.4. The normalized spacial score (nSPS) is 48.0. The van der Waals surface area contributed by atoms with Crippen molar-refractivity contribution >= 4 is 5.78 Å². The highest BCUT2D eigenvalue weighted by atomic mass is 16.1. The fraction of sp³-hybridized carbons (Fsp3) is 0.773. The van der Waals surface area contributed by atoms with E-state index in [0.717, 1.165) is 48.9 Å². The van der Waals surface area contributed by atoms with Crippen LogP contribution in [0.1, 0.15) is 59.3 Å². The fourth-order valence-electron chi connectivity index (χ4n) is 6.67. The number of fused-ring (bicyclic) bond motifs is 3. The zero-order valence-corrected chi connectivity index (χ0v) is 15.1. The molecular weight excluding hydrogens is 280 g/mol. The average Bonchev–Trinajstić information content (AvgIpc) is 3.21. The Kier molecular flexibility index (Phi) is 3.63. The lowest BCUT2D eigenvalue weighted by Gasteiger charge is -2.56. The predicted octanol–water partition coefficient (Wildman–Crippen LogP) is 5.42. The highest BCUT2D eigenvalue weighted by molar-refractivity contribution is 5.91. The molecule has 3 saturated carbocycles. The maximum absolute atomic E-state index is 11.9. The van der Waals surface area contributed by atoms with Crippen molar-refractivity contribution in [2.24, 2.45) is 46.8 Å². The minimum Gasteiger partial charge on any atom is -0.295 e. The third kappa shape index (κ3) is 2.46. The van der Waals surface area contributed by atoms with Gasteiger partial charge in [0.2, 0.25) is 0 Å². The summed E-state index contributed by atoms with van der Waals surface area (Å²) in [5.41, 5.74) is 1.94. The first kappa shape index (κ1) is 15.7. The molecule has 0 aromatic heterocycles. The van der Waals surface area contributed by atoms with E-state index in [2.05, 4.69) is 33.4 Å². The second-order valence-corrected chi connectivity index (χ2v) is 9.61. The Morgan fingerprint density at radius 2 is 2.00 bits per heavy atom. The SMILES string of the molecule is C=CC1CC2=CC(=O)CCC2C2CCC(C)(C)C([C@H]3C[C@H]3C)C12. The van der Waals surface area contributed by atoms with E-state index in [1.54, 1.807) is 0 Å². The number of carbonyl (C=O) groups is 1. The Morgan fingerprint density at radius 1 is 1.26 bits per heavy atom. The van der Waals surface area contributed by atoms with Crippen molar-refractivity contribution in [3.8, 4) is 0 Å². The van der Waals surface area contributed by atoms with Crippen LogP contribution in [0.25, 0.3) is 0 Å². The van der Waals surface area contributed by atoms with Gasteiger partial charge in [-0.2, -0.15) is 0 Å². The summed E-state index contributed by atoms with van der Waals surface area (Å²) in [5, 5.41) is 0. The molecule has 23 heavy (non-hydrogen) atoms. The van der Waals surface area contributed by atoms with E-state index in [4.69, 9.17) is 0 Å². The molecule has 4 rings (SSSR count). The monoisotopic (exact) mass is 312 g/mol. The van der Waals surface area contributed by atoms with Gasteiger partial charge in [-0.1, -0.05) is 32.4 Å². The van der Waals surface area contributed by atoms with Gasteiger partial charge in [-0.25, -0.2) is 0 Å². The number of carbonyl (C=O) groups excluding carboxylic acids is 1. The molecule has 5 unspecified atom stereocenters. The van der Waals surface area contributed by atoms with Crippen LogP contribution in [0, 0.1) is 46.8 Å². The van der Waals surface area contributed by atoms with Gasteiger partial charge in [0, 0.05) is 6.42 Å². The number of ketones is 1. The van der Waals surface area contributed by atoms with Crippen molar-refractivity contribution in [2.45, 2.75) is 59.3 Å². The standard InChI is InChI=1S/C22H32O/c1-5-14-11-15-12-16(23)6-7-17(15)18-8-9-22(3,4)21(20(14)18)19-10-13(19)2/h5,12-14,17-21H,1,6-11H2,2-4H3/t13-,14?,17?,18?,19+,20?,21?/m1/s1. The number of hydrogen-bond donors (Lipinski definition) is 0. The molecule has 0 aliphatic heterocycles. The Bertz CT molecular complexity index is 554. The van der Waals surface area contributed by atoms with Crippen LogP contribution in [-0.4, -0.2) is 5.78 Å². The quantitative estimate of drug-likeness (QED) is 0.622. The van der Waals surface area contributed by atoms with Crippen LogP contribution < -0.4 is 0 Å². The largest absolute Gasteiger partial charge is 0.295 e. The molecular formula is C22H32O. The average molecular weight is 312 g/mol. The van der Waals surface area contributed by atoms with Crippen LogP contribution in [0.15, 0.2) is 24.3 Å². The van der Waals surface area contributed by atoms with Crippen molar-refractivity contribution in [2.75, 3.05) is 0 Å². The van der Waals surface area contributed by atoms with Crippen LogP contribution in [0.3, 0.4) is 0 Å². The molecule has 0 aromatic carbocycles. The topological polar surface area (TPSA) is 17.1 Å². The Morgan fingerprint density at radius 3 is 2.65 bits per heavy atom. The lowest BCUT2D eigenvalue weighted by atomic mass is 9.48. The Hall–Kier alpha value is -0.850. The molecule has 0 radical (unpaired) electrons. The number of hydrogen-bond acceptors (Lipinski definition) is 1. The maximum Gasteiger partial charge on any atom is 0.155 e. The van der Waals surface area contributed by atoms with Crippen LogP contribution in [0.5, 0.6) is 0 Å². The summed E-state index contributed by atoms with van der Waals surface area (Å²) in [7, 11) is 0. The van der Waals surface area contributed by atoms with Crippen molar-refractivity contribution in [3.63, 3.8) is 0 Å². The van der Waals surface area contributed by atoms with Gasteiger partial charge in [-0.15, -0.1) is 6.58 Å². The second kappa shape index (κ2) is 5.33. The van der Waals surface area contributed by atoms with Gasteiger partial charge in [0.05, 0.1) is 0 Å². The zero-order valence-electron chi connectivity index (χ0n) is 15.1. The van der Waals surface area contributed by atoms with Crippen molar-refractivity contribution < 1.29 is 4.79 Å². The Balaban J connectivity index is 1.72. The molecule has 1 heteroatoms. The Labute approximate surface area is 141 Å². The molecule has 3 fully saturated rings. The number of rotatable bonds is 2. The van der Waals surface area contributed by atoms with Crippen molar-refractivity contribution in [1.82, 2.24) is 0 Å². The molecule has 0 heterocycles. The summed E-state index contributed by atoms with van der Waals surface area (Å²) in [6, 6.07) is 0. The minimum atomic E-state index is 0.362. The molecule has 0 amide bonds. The first-order valence-corrected chi connectivity index (χ1v) is 9.78. The summed E-state index contributed by atoms with van der Waals surface area (Å²) in [5.74, 6) is 5.98. The van der Waals surface area contributed by atoms with Gasteiger partial charge < -0.3 is 0 Å². The van der Waals surface area contributed by atoms with E-state index >= 15 is 0 Å². The van der Waals surface area contributed by atoms with Gasteiger partial charge in [0.25, 0.3) is 0 Å². The lowest BCUT2D eigenvalue weighted by molar-refractivity contribution is -0.116. The third-order valence-corrected chi connectivity index (χ3v) is 7.88. The van der Waals surface area contributed by atoms with E-state index in [0.29, 0.717) is 23.0 Å².